The molecule has 0 aliphatic carbocycles. The molecule has 3 aromatic rings. The number of pyridine rings is 1. The summed E-state index contributed by atoms with van der Waals surface area (Å²) >= 11 is 0. The Morgan fingerprint density at radius 3 is 2.60 bits per heavy atom. The van der Waals surface area contributed by atoms with Gasteiger partial charge in [-0.1, -0.05) is 18.2 Å². The molecule has 9 nitrogen and oxygen atoms in total. The molecule has 1 saturated heterocycles. The third-order valence-electron chi connectivity index (χ3n) is 4.54. The van der Waals surface area contributed by atoms with Crippen LogP contribution in [0.4, 0.5) is 4.79 Å². The number of benzene rings is 1. The van der Waals surface area contributed by atoms with Crippen LogP contribution in [0.2, 0.25) is 0 Å². The monoisotopic (exact) mass is 402 g/mol. The first-order chi connectivity index (χ1) is 14.5. The van der Waals surface area contributed by atoms with Crippen molar-refractivity contribution in [2.24, 2.45) is 0 Å². The number of hydrogen-bond donors (Lipinski definition) is 1. The second kappa shape index (κ2) is 8.00. The van der Waals surface area contributed by atoms with Crippen LogP contribution in [0.15, 0.2) is 67.1 Å². The first-order valence-corrected chi connectivity index (χ1v) is 9.15. The van der Waals surface area contributed by atoms with Gasteiger partial charge in [0.15, 0.2) is 0 Å². The summed E-state index contributed by atoms with van der Waals surface area (Å²) in [6.07, 6.45) is 8.07. The van der Waals surface area contributed by atoms with Crippen LogP contribution in [0, 0.1) is 0 Å². The molecular weight excluding hydrogens is 384 g/mol. The highest BCUT2D eigenvalue weighted by Gasteiger charge is 2.33. The predicted octanol–water partition coefficient (Wildman–Crippen LogP) is 1.87. The summed E-state index contributed by atoms with van der Waals surface area (Å²) in [7, 11) is 1.37. The molecule has 0 saturated carbocycles. The Morgan fingerprint density at radius 2 is 1.93 bits per heavy atom. The average molecular weight is 402 g/mol. The number of hydrogen-bond acceptors (Lipinski definition) is 5. The molecule has 1 fully saturated rings. The summed E-state index contributed by atoms with van der Waals surface area (Å²) < 4.78 is 1.72. The van der Waals surface area contributed by atoms with Crippen LogP contribution >= 0.6 is 0 Å². The van der Waals surface area contributed by atoms with Crippen molar-refractivity contribution < 1.29 is 14.4 Å². The summed E-state index contributed by atoms with van der Waals surface area (Å²) in [5, 5.41) is 5.62. The highest BCUT2D eigenvalue weighted by atomic mass is 16.2. The van der Waals surface area contributed by atoms with Gasteiger partial charge in [0.25, 0.3) is 11.8 Å². The Labute approximate surface area is 172 Å². The van der Waals surface area contributed by atoms with Crippen LogP contribution in [0.1, 0.15) is 5.56 Å². The van der Waals surface area contributed by atoms with Crippen LogP contribution in [-0.2, 0) is 9.59 Å². The fourth-order valence-corrected chi connectivity index (χ4v) is 2.97. The van der Waals surface area contributed by atoms with E-state index in [2.05, 4.69) is 15.5 Å². The number of nitrogens with zero attached hydrogens (tertiary/aromatic N) is 5. The summed E-state index contributed by atoms with van der Waals surface area (Å²) in [6, 6.07) is 12.7. The maximum atomic E-state index is 12.3. The average Bonchev–Trinajstić information content (AvgIpc) is 3.31. The Hall–Kier alpha value is -4.27. The number of imide groups is 1. The van der Waals surface area contributed by atoms with Crippen molar-refractivity contribution >= 4 is 23.9 Å². The molecule has 3 heterocycles. The van der Waals surface area contributed by atoms with Gasteiger partial charge in [-0.3, -0.25) is 24.9 Å². The zero-order valence-corrected chi connectivity index (χ0v) is 16.1. The van der Waals surface area contributed by atoms with E-state index in [4.69, 9.17) is 0 Å². The summed E-state index contributed by atoms with van der Waals surface area (Å²) in [5.74, 6) is -0.914. The van der Waals surface area contributed by atoms with Gasteiger partial charge in [-0.05, 0) is 30.3 Å². The molecule has 2 aromatic heterocycles. The van der Waals surface area contributed by atoms with Crippen molar-refractivity contribution in [2.45, 2.75) is 0 Å². The number of hydrazine groups is 1. The molecule has 9 heteroatoms. The highest BCUT2D eigenvalue weighted by molar-refractivity contribution is 6.03. The van der Waals surface area contributed by atoms with Gasteiger partial charge in [-0.2, -0.15) is 5.10 Å². The van der Waals surface area contributed by atoms with Gasteiger partial charge in [0.1, 0.15) is 12.2 Å². The number of para-hydroxylation sites is 1. The molecule has 0 spiro atoms. The fraction of sp³-hybridized carbons (Fsp3) is 0.0952. The van der Waals surface area contributed by atoms with Gasteiger partial charge in [0, 0.05) is 42.8 Å². The minimum atomic E-state index is -0.574. The lowest BCUT2D eigenvalue weighted by molar-refractivity contribution is -0.124. The minimum absolute atomic E-state index is 0.193. The van der Waals surface area contributed by atoms with E-state index < -0.39 is 11.9 Å². The highest BCUT2D eigenvalue weighted by Crippen LogP contribution is 2.24. The topological polar surface area (TPSA) is 100 Å². The lowest BCUT2D eigenvalue weighted by Crippen LogP contribution is -2.43. The largest absolute Gasteiger partial charge is 0.345 e. The van der Waals surface area contributed by atoms with Crippen molar-refractivity contribution in [1.29, 1.82) is 0 Å². The number of carbonyl (C=O) groups excluding carboxylic acids is 3. The Bertz CT molecular complexity index is 1120. The standard InChI is InChI=1S/C21H18N6O3/c1-25-19(29)14-27(21(25)30)23-18(28)10-9-16-13-26(17-7-3-2-4-8-17)24-20(16)15-6-5-11-22-12-15/h2-13H,14H2,1H3,(H,23,28)/b10-9+. The first-order valence-electron chi connectivity index (χ1n) is 9.15. The quantitative estimate of drug-likeness (QED) is 0.519. The first kappa shape index (κ1) is 19.1. The number of nitrogens with one attached hydrogen (secondary N) is 1. The van der Waals surface area contributed by atoms with E-state index in [1.807, 2.05) is 42.5 Å². The predicted molar refractivity (Wildman–Crippen MR) is 109 cm³/mol. The SMILES string of the molecule is CN1C(=O)CN(NC(=O)/C=C/c2cn(-c3ccccc3)nc2-c2cccnc2)C1=O. The number of urea groups is 1. The third kappa shape index (κ3) is 3.81. The second-order valence-corrected chi connectivity index (χ2v) is 6.59. The van der Waals surface area contributed by atoms with E-state index in [1.54, 1.807) is 29.3 Å². The summed E-state index contributed by atoms with van der Waals surface area (Å²) in [4.78, 5) is 40.9. The van der Waals surface area contributed by atoms with Gasteiger partial charge >= 0.3 is 6.03 Å². The van der Waals surface area contributed by atoms with E-state index in [0.29, 0.717) is 11.3 Å². The molecule has 30 heavy (non-hydrogen) atoms. The molecule has 4 amide bonds. The molecule has 0 radical (unpaired) electrons. The zero-order chi connectivity index (χ0) is 21.1. The Balaban J connectivity index is 1.60. The lowest BCUT2D eigenvalue weighted by Gasteiger charge is -2.14. The zero-order valence-electron chi connectivity index (χ0n) is 16.1. The minimum Gasteiger partial charge on any atom is -0.272 e. The number of likely N-dealkylation sites (N-methyl/N-ethyl adjacent to an activating group) is 1. The van der Waals surface area contributed by atoms with Gasteiger partial charge in [-0.15, -0.1) is 0 Å². The van der Waals surface area contributed by atoms with E-state index in [0.717, 1.165) is 21.2 Å². The molecule has 1 N–H and O–H groups in total. The van der Waals surface area contributed by atoms with Crippen LogP contribution in [-0.4, -0.2) is 56.1 Å². The second-order valence-electron chi connectivity index (χ2n) is 6.59. The molecule has 1 aromatic carbocycles. The van der Waals surface area contributed by atoms with E-state index in [1.165, 1.54) is 13.1 Å². The fourth-order valence-electron chi connectivity index (χ4n) is 2.97. The molecule has 0 unspecified atom stereocenters. The van der Waals surface area contributed by atoms with Crippen LogP contribution in [0.25, 0.3) is 23.0 Å². The molecule has 1 aliphatic heterocycles. The van der Waals surface area contributed by atoms with E-state index in [9.17, 15) is 14.4 Å². The molecule has 1 aliphatic rings. The van der Waals surface area contributed by atoms with Crippen molar-refractivity contribution in [2.75, 3.05) is 13.6 Å². The Kier molecular flexibility index (Phi) is 5.08. The van der Waals surface area contributed by atoms with Crippen molar-refractivity contribution in [3.05, 3.63) is 72.7 Å². The van der Waals surface area contributed by atoms with Crippen molar-refractivity contribution in [1.82, 2.24) is 30.1 Å². The molecule has 4 rings (SSSR count). The van der Waals surface area contributed by atoms with E-state index >= 15 is 0 Å². The van der Waals surface area contributed by atoms with Crippen LogP contribution in [0.5, 0.6) is 0 Å². The van der Waals surface area contributed by atoms with Gasteiger partial charge in [-0.25, -0.2) is 14.5 Å². The summed E-state index contributed by atoms with van der Waals surface area (Å²) in [5.41, 5.74) is 5.44. The van der Waals surface area contributed by atoms with Crippen LogP contribution in [0.3, 0.4) is 0 Å². The van der Waals surface area contributed by atoms with Crippen molar-refractivity contribution in [3.8, 4) is 16.9 Å². The van der Waals surface area contributed by atoms with Gasteiger partial charge < -0.3 is 0 Å². The third-order valence-corrected chi connectivity index (χ3v) is 4.54. The molecule has 0 bridgehead atoms. The number of amides is 4. The number of rotatable bonds is 5. The maximum Gasteiger partial charge on any atom is 0.345 e. The smallest absolute Gasteiger partial charge is 0.272 e. The lowest BCUT2D eigenvalue weighted by atomic mass is 10.1. The Morgan fingerprint density at radius 1 is 1.13 bits per heavy atom. The number of carbonyl (C=O) groups is 3. The molecule has 150 valence electrons. The normalized spacial score (nSPS) is 14.0. The van der Waals surface area contributed by atoms with Crippen LogP contribution < -0.4 is 5.43 Å². The van der Waals surface area contributed by atoms with Crippen molar-refractivity contribution in [3.63, 3.8) is 0 Å². The summed E-state index contributed by atoms with van der Waals surface area (Å²) in [6.45, 7) is -0.193. The van der Waals surface area contributed by atoms with E-state index in [-0.39, 0.29) is 12.5 Å². The maximum absolute atomic E-state index is 12.3. The van der Waals surface area contributed by atoms with Gasteiger partial charge in [0.2, 0.25) is 0 Å². The molecular formula is C21H18N6O3. The molecule has 0 atom stereocenters. The van der Waals surface area contributed by atoms with Gasteiger partial charge in [0.05, 0.1) is 5.69 Å². The number of aromatic nitrogens is 3.